The molecule has 0 aliphatic carbocycles. The zero-order chi connectivity index (χ0) is 13.6. The van der Waals surface area contributed by atoms with Gasteiger partial charge in [0.25, 0.3) is 0 Å². The van der Waals surface area contributed by atoms with E-state index in [0.29, 0.717) is 6.04 Å². The van der Waals surface area contributed by atoms with E-state index in [2.05, 4.69) is 40.0 Å². The zero-order valence-electron chi connectivity index (χ0n) is 10.9. The highest BCUT2D eigenvalue weighted by Gasteiger charge is 2.49. The molecule has 4 atom stereocenters. The molecule has 2 aliphatic heterocycles. The monoisotopic (exact) mass is 323 g/mol. The number of hydrogen-bond acceptors (Lipinski definition) is 2. The van der Waals surface area contributed by atoms with E-state index in [4.69, 9.17) is 0 Å². The van der Waals surface area contributed by atoms with Crippen LogP contribution in [0.3, 0.4) is 0 Å². The van der Waals surface area contributed by atoms with Gasteiger partial charge in [-0.25, -0.2) is 0 Å². The Hall–Kier alpha value is -0.870. The SMILES string of the molecule is CN1C2CCC1[C@@H](C(=O)O)[C@@H](c1ccc(Br)cc1)C2. The molecule has 0 amide bonds. The molecule has 0 spiro atoms. The first kappa shape index (κ1) is 13.1. The van der Waals surface area contributed by atoms with Gasteiger partial charge in [0.1, 0.15) is 0 Å². The molecular weight excluding hydrogens is 306 g/mol. The van der Waals surface area contributed by atoms with Gasteiger partial charge < -0.3 is 5.11 Å². The number of halogens is 1. The summed E-state index contributed by atoms with van der Waals surface area (Å²) in [7, 11) is 2.08. The van der Waals surface area contributed by atoms with E-state index in [-0.39, 0.29) is 17.9 Å². The number of aliphatic carboxylic acids is 1. The molecule has 2 aliphatic rings. The summed E-state index contributed by atoms with van der Waals surface area (Å²) >= 11 is 3.43. The molecule has 3 nitrogen and oxygen atoms in total. The smallest absolute Gasteiger partial charge is 0.308 e. The van der Waals surface area contributed by atoms with Gasteiger partial charge in [-0.05, 0) is 44.0 Å². The van der Waals surface area contributed by atoms with Gasteiger partial charge in [-0.3, -0.25) is 9.69 Å². The largest absolute Gasteiger partial charge is 0.481 e. The number of rotatable bonds is 2. The van der Waals surface area contributed by atoms with Crippen LogP contribution in [-0.2, 0) is 4.79 Å². The van der Waals surface area contributed by atoms with Gasteiger partial charge in [0.05, 0.1) is 5.92 Å². The Labute approximate surface area is 121 Å². The molecule has 3 rings (SSSR count). The highest BCUT2D eigenvalue weighted by atomic mass is 79.9. The fourth-order valence-electron chi connectivity index (χ4n) is 3.86. The minimum Gasteiger partial charge on any atom is -0.481 e. The standard InChI is InChI=1S/C15H18BrNO2/c1-17-11-6-7-13(17)14(15(18)19)12(8-11)9-2-4-10(16)5-3-9/h2-5,11-14H,6-8H2,1H3,(H,18,19)/t11?,12-,13?,14+/m1/s1. The van der Waals surface area contributed by atoms with Crippen molar-refractivity contribution in [1.82, 2.24) is 4.90 Å². The molecule has 2 bridgehead atoms. The predicted molar refractivity (Wildman–Crippen MR) is 77.2 cm³/mol. The van der Waals surface area contributed by atoms with Gasteiger partial charge >= 0.3 is 5.97 Å². The van der Waals surface area contributed by atoms with Crippen molar-refractivity contribution in [2.24, 2.45) is 5.92 Å². The van der Waals surface area contributed by atoms with Crippen molar-refractivity contribution in [1.29, 1.82) is 0 Å². The number of fused-ring (bicyclic) bond motifs is 2. The molecule has 0 radical (unpaired) electrons. The fourth-order valence-corrected chi connectivity index (χ4v) is 4.12. The molecule has 2 unspecified atom stereocenters. The van der Waals surface area contributed by atoms with Crippen molar-refractivity contribution in [3.8, 4) is 0 Å². The minimum absolute atomic E-state index is 0.152. The molecule has 2 saturated heterocycles. The van der Waals surface area contributed by atoms with E-state index in [9.17, 15) is 9.90 Å². The Morgan fingerprint density at radius 3 is 2.63 bits per heavy atom. The Kier molecular flexibility index (Phi) is 3.39. The van der Waals surface area contributed by atoms with Crippen molar-refractivity contribution < 1.29 is 9.90 Å². The fraction of sp³-hybridized carbons (Fsp3) is 0.533. The van der Waals surface area contributed by atoms with Gasteiger partial charge in [0.2, 0.25) is 0 Å². The highest BCUT2D eigenvalue weighted by molar-refractivity contribution is 9.10. The number of benzene rings is 1. The third-order valence-corrected chi connectivity index (χ3v) is 5.38. The molecule has 1 aromatic rings. The summed E-state index contributed by atoms with van der Waals surface area (Å²) in [6.45, 7) is 0. The Morgan fingerprint density at radius 1 is 1.32 bits per heavy atom. The normalized spacial score (nSPS) is 34.4. The predicted octanol–water partition coefficient (Wildman–Crippen LogP) is 3.10. The molecule has 0 saturated carbocycles. The Balaban J connectivity index is 1.95. The van der Waals surface area contributed by atoms with Gasteiger partial charge in [-0.15, -0.1) is 0 Å². The maximum absolute atomic E-state index is 11.7. The summed E-state index contributed by atoms with van der Waals surface area (Å²) < 4.78 is 1.04. The van der Waals surface area contributed by atoms with Crippen LogP contribution >= 0.6 is 15.9 Å². The minimum atomic E-state index is -0.648. The lowest BCUT2D eigenvalue weighted by Gasteiger charge is -2.41. The van der Waals surface area contributed by atoms with Crippen molar-refractivity contribution in [2.45, 2.75) is 37.3 Å². The molecule has 4 heteroatoms. The lowest BCUT2D eigenvalue weighted by atomic mass is 9.76. The first-order chi connectivity index (χ1) is 9.08. The van der Waals surface area contributed by atoms with E-state index < -0.39 is 5.97 Å². The molecular formula is C15H18BrNO2. The number of carboxylic acids is 1. The number of nitrogens with zero attached hydrogens (tertiary/aromatic N) is 1. The van der Waals surface area contributed by atoms with Crippen molar-refractivity contribution in [2.75, 3.05) is 7.05 Å². The summed E-state index contributed by atoms with van der Waals surface area (Å²) in [5.74, 6) is -0.769. The van der Waals surface area contributed by atoms with Crippen LogP contribution in [0.15, 0.2) is 28.7 Å². The molecule has 2 heterocycles. The van der Waals surface area contributed by atoms with Crippen molar-refractivity contribution in [3.05, 3.63) is 34.3 Å². The van der Waals surface area contributed by atoms with Crippen LogP contribution < -0.4 is 0 Å². The van der Waals surface area contributed by atoms with E-state index in [1.165, 1.54) is 5.56 Å². The summed E-state index contributed by atoms with van der Waals surface area (Å²) in [6.07, 6.45) is 3.12. The van der Waals surface area contributed by atoms with E-state index in [1.54, 1.807) is 0 Å². The van der Waals surface area contributed by atoms with Gasteiger partial charge in [0, 0.05) is 22.5 Å². The quantitative estimate of drug-likeness (QED) is 0.909. The van der Waals surface area contributed by atoms with Crippen molar-refractivity contribution >= 4 is 21.9 Å². The van der Waals surface area contributed by atoms with E-state index in [1.807, 2.05) is 12.1 Å². The average molecular weight is 324 g/mol. The van der Waals surface area contributed by atoms with Crippen LogP contribution in [0.1, 0.15) is 30.7 Å². The second kappa shape index (κ2) is 4.91. The topological polar surface area (TPSA) is 40.5 Å². The number of piperidine rings is 1. The van der Waals surface area contributed by atoms with E-state index >= 15 is 0 Å². The number of hydrogen-bond donors (Lipinski definition) is 1. The summed E-state index contributed by atoms with van der Waals surface area (Å²) in [5.41, 5.74) is 1.17. The maximum atomic E-state index is 11.7. The molecule has 1 aromatic carbocycles. The lowest BCUT2D eigenvalue weighted by molar-refractivity contribution is -0.146. The average Bonchev–Trinajstić information content (AvgIpc) is 2.63. The molecule has 2 fully saturated rings. The summed E-state index contributed by atoms with van der Waals surface area (Å²) in [6, 6.07) is 8.90. The Bertz CT molecular complexity index is 487. The van der Waals surface area contributed by atoms with Crippen LogP contribution in [0.4, 0.5) is 0 Å². The van der Waals surface area contributed by atoms with Crippen LogP contribution in [0.25, 0.3) is 0 Å². The maximum Gasteiger partial charge on any atom is 0.308 e. The molecule has 102 valence electrons. The molecule has 0 aromatic heterocycles. The highest BCUT2D eigenvalue weighted by Crippen LogP contribution is 2.46. The number of carbonyl (C=O) groups is 1. The second-order valence-corrected chi connectivity index (χ2v) is 6.64. The summed E-state index contributed by atoms with van der Waals surface area (Å²) in [5, 5.41) is 9.63. The third kappa shape index (κ3) is 2.21. The van der Waals surface area contributed by atoms with Gasteiger partial charge in [0.15, 0.2) is 0 Å². The van der Waals surface area contributed by atoms with Crippen LogP contribution in [0.2, 0.25) is 0 Å². The van der Waals surface area contributed by atoms with Crippen molar-refractivity contribution in [3.63, 3.8) is 0 Å². The Morgan fingerprint density at radius 2 is 2.00 bits per heavy atom. The van der Waals surface area contributed by atoms with Gasteiger partial charge in [-0.1, -0.05) is 28.1 Å². The first-order valence-corrected chi connectivity index (χ1v) is 7.57. The molecule has 1 N–H and O–H groups in total. The molecule has 19 heavy (non-hydrogen) atoms. The van der Waals surface area contributed by atoms with Crippen LogP contribution in [0.5, 0.6) is 0 Å². The zero-order valence-corrected chi connectivity index (χ0v) is 12.5. The lowest BCUT2D eigenvalue weighted by Crippen LogP contribution is -2.48. The summed E-state index contributed by atoms with van der Waals surface area (Å²) in [4.78, 5) is 14.0. The van der Waals surface area contributed by atoms with Crippen LogP contribution in [0, 0.1) is 5.92 Å². The van der Waals surface area contributed by atoms with E-state index in [0.717, 1.165) is 23.7 Å². The second-order valence-electron chi connectivity index (χ2n) is 5.72. The first-order valence-electron chi connectivity index (χ1n) is 6.78. The number of carboxylic acid groups (broad SMARTS) is 1. The third-order valence-electron chi connectivity index (χ3n) is 4.85. The van der Waals surface area contributed by atoms with Gasteiger partial charge in [-0.2, -0.15) is 0 Å². The van der Waals surface area contributed by atoms with Crippen LogP contribution in [-0.4, -0.2) is 35.1 Å².